The van der Waals surface area contributed by atoms with Gasteiger partial charge in [0.2, 0.25) is 5.91 Å². The zero-order valence-corrected chi connectivity index (χ0v) is 15.9. The van der Waals surface area contributed by atoms with Crippen LogP contribution < -0.4 is 15.4 Å². The van der Waals surface area contributed by atoms with Gasteiger partial charge in [0.05, 0.1) is 0 Å². The van der Waals surface area contributed by atoms with Gasteiger partial charge in [-0.05, 0) is 43.2 Å². The Hall–Kier alpha value is -3.35. The summed E-state index contributed by atoms with van der Waals surface area (Å²) in [5.74, 6) is -0.156. The molecule has 0 unspecified atom stereocenters. The van der Waals surface area contributed by atoms with Crippen molar-refractivity contribution in [3.8, 4) is 5.75 Å². The first-order chi connectivity index (χ1) is 13.4. The van der Waals surface area contributed by atoms with E-state index in [0.29, 0.717) is 24.5 Å². The molecule has 0 aliphatic carbocycles. The Bertz CT molecular complexity index is 867. The predicted octanol–water partition coefficient (Wildman–Crippen LogP) is 2.92. The molecule has 2 aromatic carbocycles. The molecule has 7 heteroatoms. The quantitative estimate of drug-likeness (QED) is 0.722. The third-order valence-electron chi connectivity index (χ3n) is 4.74. The Labute approximate surface area is 163 Å². The van der Waals surface area contributed by atoms with Gasteiger partial charge in [-0.3, -0.25) is 14.5 Å². The number of benzene rings is 2. The zero-order chi connectivity index (χ0) is 20.1. The third kappa shape index (κ3) is 4.31. The molecular formula is C21H23N3O4. The normalized spacial score (nSPS) is 18.7. The molecule has 1 fully saturated rings. The van der Waals surface area contributed by atoms with Crippen LogP contribution in [0, 0.1) is 0 Å². The molecular weight excluding hydrogens is 358 g/mol. The van der Waals surface area contributed by atoms with Crippen LogP contribution in [-0.4, -0.2) is 34.8 Å². The van der Waals surface area contributed by atoms with Crippen LogP contribution in [0.1, 0.15) is 25.8 Å². The number of hydrogen-bond acceptors (Lipinski definition) is 4. The minimum atomic E-state index is -0.949. The van der Waals surface area contributed by atoms with Crippen LogP contribution in [0.3, 0.4) is 0 Å². The molecule has 1 heterocycles. The summed E-state index contributed by atoms with van der Waals surface area (Å²) in [6, 6.07) is 16.2. The molecule has 0 bridgehead atoms. The van der Waals surface area contributed by atoms with Gasteiger partial charge in [0.25, 0.3) is 5.91 Å². The lowest BCUT2D eigenvalue weighted by atomic mass is 9.99. The lowest BCUT2D eigenvalue weighted by Gasteiger charge is -2.19. The maximum atomic E-state index is 12.3. The SMILES string of the molecule is CC[C@]1(C)NC(=O)N(CC(=O)Nc2ccc(OCc3ccccc3)cc2)C1=O. The van der Waals surface area contributed by atoms with Crippen molar-refractivity contribution >= 4 is 23.5 Å². The maximum Gasteiger partial charge on any atom is 0.325 e. The zero-order valence-electron chi connectivity index (χ0n) is 15.9. The van der Waals surface area contributed by atoms with Gasteiger partial charge in [-0.15, -0.1) is 0 Å². The number of ether oxygens (including phenoxy) is 1. The van der Waals surface area contributed by atoms with Gasteiger partial charge in [-0.1, -0.05) is 37.3 Å². The molecule has 2 aromatic rings. The lowest BCUT2D eigenvalue weighted by molar-refractivity contribution is -0.133. The van der Waals surface area contributed by atoms with Crippen molar-refractivity contribution in [2.45, 2.75) is 32.4 Å². The Balaban J connectivity index is 1.53. The third-order valence-corrected chi connectivity index (χ3v) is 4.74. The number of nitrogens with zero attached hydrogens (tertiary/aromatic N) is 1. The van der Waals surface area contributed by atoms with Gasteiger partial charge < -0.3 is 15.4 Å². The highest BCUT2D eigenvalue weighted by molar-refractivity contribution is 6.09. The molecule has 1 aliphatic rings. The number of carbonyl (C=O) groups excluding carboxylic acids is 3. The molecule has 1 aliphatic heterocycles. The molecule has 3 rings (SSSR count). The molecule has 4 amide bonds. The standard InChI is InChI=1S/C21H23N3O4/c1-3-21(2)19(26)24(20(27)23-21)13-18(25)22-16-9-11-17(12-10-16)28-14-15-7-5-4-6-8-15/h4-12H,3,13-14H2,1-2H3,(H,22,25)(H,23,27)/t21-/m0/s1. The van der Waals surface area contributed by atoms with Gasteiger partial charge in [-0.25, -0.2) is 4.79 Å². The van der Waals surface area contributed by atoms with E-state index in [1.807, 2.05) is 37.3 Å². The maximum absolute atomic E-state index is 12.3. The van der Waals surface area contributed by atoms with Crippen LogP contribution in [0.5, 0.6) is 5.75 Å². The molecule has 1 atom stereocenters. The van der Waals surface area contributed by atoms with Crippen LogP contribution in [0.2, 0.25) is 0 Å². The van der Waals surface area contributed by atoms with Gasteiger partial charge in [0, 0.05) is 5.69 Å². The number of nitrogens with one attached hydrogen (secondary N) is 2. The summed E-state index contributed by atoms with van der Waals surface area (Å²) in [4.78, 5) is 37.5. The largest absolute Gasteiger partial charge is 0.489 e. The van der Waals surface area contributed by atoms with Crippen molar-refractivity contribution in [1.29, 1.82) is 0 Å². The van der Waals surface area contributed by atoms with Crippen LogP contribution in [-0.2, 0) is 16.2 Å². The summed E-state index contributed by atoms with van der Waals surface area (Å²) in [5, 5.41) is 5.31. The molecule has 2 N–H and O–H groups in total. The second-order valence-corrected chi connectivity index (χ2v) is 6.85. The van der Waals surface area contributed by atoms with E-state index in [9.17, 15) is 14.4 Å². The van der Waals surface area contributed by atoms with Crippen molar-refractivity contribution in [3.63, 3.8) is 0 Å². The highest BCUT2D eigenvalue weighted by Gasteiger charge is 2.46. The van der Waals surface area contributed by atoms with E-state index >= 15 is 0 Å². The van der Waals surface area contributed by atoms with E-state index in [4.69, 9.17) is 4.74 Å². The predicted molar refractivity (Wildman–Crippen MR) is 105 cm³/mol. The number of urea groups is 1. The minimum absolute atomic E-state index is 0.327. The van der Waals surface area contributed by atoms with Crippen molar-refractivity contribution in [1.82, 2.24) is 10.2 Å². The van der Waals surface area contributed by atoms with Crippen molar-refractivity contribution in [3.05, 3.63) is 60.2 Å². The number of carbonyl (C=O) groups is 3. The number of imide groups is 1. The Kier molecular flexibility index (Phi) is 5.63. The lowest BCUT2D eigenvalue weighted by Crippen LogP contribution is -2.44. The van der Waals surface area contributed by atoms with Crippen LogP contribution >= 0.6 is 0 Å². The summed E-state index contributed by atoms with van der Waals surface area (Å²) < 4.78 is 5.70. The van der Waals surface area contributed by atoms with E-state index in [0.717, 1.165) is 10.5 Å². The Morgan fingerprint density at radius 2 is 1.79 bits per heavy atom. The fourth-order valence-corrected chi connectivity index (χ4v) is 2.85. The average Bonchev–Trinajstić information content (AvgIpc) is 2.92. The summed E-state index contributed by atoms with van der Waals surface area (Å²) in [6.07, 6.45) is 0.458. The molecule has 146 valence electrons. The van der Waals surface area contributed by atoms with E-state index in [-0.39, 0.29) is 12.5 Å². The Morgan fingerprint density at radius 3 is 2.39 bits per heavy atom. The summed E-state index contributed by atoms with van der Waals surface area (Å²) >= 11 is 0. The molecule has 0 aromatic heterocycles. The van der Waals surface area contributed by atoms with Crippen LogP contribution in [0.4, 0.5) is 10.5 Å². The first-order valence-corrected chi connectivity index (χ1v) is 9.12. The summed E-state index contributed by atoms with van der Waals surface area (Å²) in [5.41, 5.74) is 0.671. The van der Waals surface area contributed by atoms with E-state index in [1.165, 1.54) is 0 Å². The number of anilines is 1. The molecule has 1 saturated heterocycles. The fraction of sp³-hybridized carbons (Fsp3) is 0.286. The molecule has 28 heavy (non-hydrogen) atoms. The fourth-order valence-electron chi connectivity index (χ4n) is 2.85. The molecule has 0 spiro atoms. The number of rotatable bonds is 7. The minimum Gasteiger partial charge on any atom is -0.489 e. The van der Waals surface area contributed by atoms with E-state index < -0.39 is 17.5 Å². The second kappa shape index (κ2) is 8.12. The summed E-state index contributed by atoms with van der Waals surface area (Å²) in [7, 11) is 0. The van der Waals surface area contributed by atoms with Gasteiger partial charge in [0.15, 0.2) is 0 Å². The van der Waals surface area contributed by atoms with Gasteiger partial charge in [0.1, 0.15) is 24.4 Å². The highest BCUT2D eigenvalue weighted by Crippen LogP contribution is 2.21. The molecule has 0 radical (unpaired) electrons. The van der Waals surface area contributed by atoms with Crippen LogP contribution in [0.25, 0.3) is 0 Å². The van der Waals surface area contributed by atoms with Crippen LogP contribution in [0.15, 0.2) is 54.6 Å². The van der Waals surface area contributed by atoms with Crippen molar-refractivity contribution < 1.29 is 19.1 Å². The van der Waals surface area contributed by atoms with Crippen molar-refractivity contribution in [2.75, 3.05) is 11.9 Å². The summed E-state index contributed by atoms with van der Waals surface area (Å²) in [6.45, 7) is 3.59. The Morgan fingerprint density at radius 1 is 1.11 bits per heavy atom. The first kappa shape index (κ1) is 19.4. The number of hydrogen-bond donors (Lipinski definition) is 2. The monoisotopic (exact) mass is 381 g/mol. The van der Waals surface area contributed by atoms with E-state index in [1.54, 1.807) is 31.2 Å². The first-order valence-electron chi connectivity index (χ1n) is 9.12. The number of amides is 4. The van der Waals surface area contributed by atoms with Crippen molar-refractivity contribution in [2.24, 2.45) is 0 Å². The van der Waals surface area contributed by atoms with Gasteiger partial charge in [-0.2, -0.15) is 0 Å². The molecule has 0 saturated carbocycles. The smallest absolute Gasteiger partial charge is 0.325 e. The molecule has 7 nitrogen and oxygen atoms in total. The second-order valence-electron chi connectivity index (χ2n) is 6.85. The topological polar surface area (TPSA) is 87.7 Å². The average molecular weight is 381 g/mol. The highest BCUT2D eigenvalue weighted by atomic mass is 16.5. The van der Waals surface area contributed by atoms with E-state index in [2.05, 4.69) is 10.6 Å². The van der Waals surface area contributed by atoms with Gasteiger partial charge >= 0.3 is 6.03 Å².